The van der Waals surface area contributed by atoms with Gasteiger partial charge in [-0.2, -0.15) is 0 Å². The van der Waals surface area contributed by atoms with Gasteiger partial charge in [0.25, 0.3) is 0 Å². The highest BCUT2D eigenvalue weighted by Crippen LogP contribution is 2.24. The minimum absolute atomic E-state index is 0.572. The zero-order valence-corrected chi connectivity index (χ0v) is 13.5. The molecule has 1 aromatic rings. The summed E-state index contributed by atoms with van der Waals surface area (Å²) in [5.74, 6) is 1.68. The fourth-order valence-electron chi connectivity index (χ4n) is 3.07. The molecule has 2 heteroatoms. The topological polar surface area (TPSA) is 15.3 Å². The monoisotopic (exact) mass is 274 g/mol. The Morgan fingerprint density at radius 3 is 2.30 bits per heavy atom. The van der Waals surface area contributed by atoms with Crippen molar-refractivity contribution in [1.29, 1.82) is 0 Å². The first-order valence-corrected chi connectivity index (χ1v) is 8.08. The molecule has 0 aromatic heterocycles. The highest BCUT2D eigenvalue weighted by atomic mass is 15.1. The molecule has 2 atom stereocenters. The van der Waals surface area contributed by atoms with Crippen LogP contribution in [0.2, 0.25) is 0 Å². The van der Waals surface area contributed by atoms with Gasteiger partial charge in [-0.3, -0.25) is 4.90 Å². The average molecular weight is 274 g/mol. The van der Waals surface area contributed by atoms with E-state index in [9.17, 15) is 0 Å². The Morgan fingerprint density at radius 2 is 1.70 bits per heavy atom. The molecule has 1 aliphatic rings. The van der Waals surface area contributed by atoms with Crippen LogP contribution in [0.15, 0.2) is 24.3 Å². The second kappa shape index (κ2) is 7.24. The number of likely N-dealkylation sites (tertiary alicyclic amines) is 1. The molecule has 20 heavy (non-hydrogen) atoms. The number of benzene rings is 1. The van der Waals surface area contributed by atoms with Crippen molar-refractivity contribution >= 4 is 0 Å². The molecule has 112 valence electrons. The zero-order valence-electron chi connectivity index (χ0n) is 13.5. The van der Waals surface area contributed by atoms with Gasteiger partial charge in [-0.1, -0.05) is 52.0 Å². The van der Waals surface area contributed by atoms with E-state index in [0.717, 1.165) is 31.3 Å². The van der Waals surface area contributed by atoms with Gasteiger partial charge in [-0.15, -0.1) is 0 Å². The fraction of sp³-hybridized carbons (Fsp3) is 0.667. The molecule has 1 heterocycles. The predicted molar refractivity (Wildman–Crippen MR) is 86.9 cm³/mol. The average Bonchev–Trinajstić information content (AvgIpc) is 2.70. The summed E-state index contributed by atoms with van der Waals surface area (Å²) in [6, 6.07) is 9.52. The lowest BCUT2D eigenvalue weighted by Crippen LogP contribution is -2.26. The Labute approximate surface area is 124 Å². The van der Waals surface area contributed by atoms with E-state index in [0.29, 0.717) is 6.04 Å². The maximum absolute atomic E-state index is 3.52. The lowest BCUT2D eigenvalue weighted by atomic mass is 10.0. The summed E-state index contributed by atoms with van der Waals surface area (Å²) >= 11 is 0. The van der Waals surface area contributed by atoms with E-state index >= 15 is 0 Å². The summed E-state index contributed by atoms with van der Waals surface area (Å²) in [5.41, 5.74) is 3.02. The third kappa shape index (κ3) is 4.32. The third-order valence-corrected chi connectivity index (χ3v) is 4.52. The second-order valence-corrected chi connectivity index (χ2v) is 6.78. The Kier molecular flexibility index (Phi) is 5.62. The molecule has 0 amide bonds. The first-order valence-electron chi connectivity index (χ1n) is 8.08. The smallest absolute Gasteiger partial charge is 0.0236 e. The van der Waals surface area contributed by atoms with Crippen molar-refractivity contribution in [2.75, 3.05) is 19.6 Å². The highest BCUT2D eigenvalue weighted by Gasteiger charge is 2.26. The van der Waals surface area contributed by atoms with Gasteiger partial charge in [0, 0.05) is 25.7 Å². The zero-order chi connectivity index (χ0) is 14.5. The van der Waals surface area contributed by atoms with Crippen molar-refractivity contribution in [2.24, 2.45) is 11.8 Å². The van der Waals surface area contributed by atoms with Crippen LogP contribution in [0.4, 0.5) is 0 Å². The van der Waals surface area contributed by atoms with E-state index in [-0.39, 0.29) is 0 Å². The minimum atomic E-state index is 0.572. The van der Waals surface area contributed by atoms with Gasteiger partial charge in [0.15, 0.2) is 0 Å². The molecule has 1 aliphatic heterocycles. The molecule has 2 rings (SSSR count). The Hall–Kier alpha value is -0.860. The molecule has 1 aromatic carbocycles. The first kappa shape index (κ1) is 15.5. The van der Waals surface area contributed by atoms with Gasteiger partial charge in [-0.25, -0.2) is 0 Å². The molecule has 1 saturated heterocycles. The largest absolute Gasteiger partial charge is 0.314 e. The molecule has 0 aliphatic carbocycles. The highest BCUT2D eigenvalue weighted by molar-refractivity contribution is 5.27. The third-order valence-electron chi connectivity index (χ3n) is 4.52. The van der Waals surface area contributed by atoms with E-state index < -0.39 is 0 Å². The van der Waals surface area contributed by atoms with E-state index in [4.69, 9.17) is 0 Å². The SMILES string of the molecule is CC(C)NCCc1ccccc1CN1CC(C)C(C)C1. The molecule has 0 saturated carbocycles. The Balaban J connectivity index is 1.94. The van der Waals surface area contributed by atoms with E-state index in [2.05, 4.69) is 62.2 Å². The van der Waals surface area contributed by atoms with E-state index in [1.807, 2.05) is 0 Å². The minimum Gasteiger partial charge on any atom is -0.314 e. The van der Waals surface area contributed by atoms with Gasteiger partial charge in [0.2, 0.25) is 0 Å². The van der Waals surface area contributed by atoms with Crippen LogP contribution in [0.3, 0.4) is 0 Å². The van der Waals surface area contributed by atoms with Gasteiger partial charge < -0.3 is 5.32 Å². The molecule has 0 spiro atoms. The van der Waals surface area contributed by atoms with Crippen LogP contribution in [-0.4, -0.2) is 30.6 Å². The van der Waals surface area contributed by atoms with Gasteiger partial charge in [-0.05, 0) is 35.9 Å². The van der Waals surface area contributed by atoms with Crippen molar-refractivity contribution in [3.63, 3.8) is 0 Å². The van der Waals surface area contributed by atoms with Crippen LogP contribution < -0.4 is 5.32 Å². The normalized spacial score (nSPS) is 23.6. The molecule has 1 fully saturated rings. The molecule has 0 radical (unpaired) electrons. The molecular formula is C18H30N2. The standard InChI is InChI=1S/C18H30N2/c1-14(2)19-10-9-17-7-5-6-8-18(17)13-20-11-15(3)16(4)12-20/h5-8,14-16,19H,9-13H2,1-4H3. The van der Waals surface area contributed by atoms with E-state index in [1.165, 1.54) is 24.2 Å². The maximum Gasteiger partial charge on any atom is 0.0236 e. The number of rotatable bonds is 6. The number of hydrogen-bond donors (Lipinski definition) is 1. The van der Waals surface area contributed by atoms with Crippen molar-refractivity contribution in [2.45, 2.75) is 46.7 Å². The second-order valence-electron chi connectivity index (χ2n) is 6.78. The summed E-state index contributed by atoms with van der Waals surface area (Å²) < 4.78 is 0. The maximum atomic E-state index is 3.52. The van der Waals surface area contributed by atoms with Crippen LogP contribution in [0, 0.1) is 11.8 Å². The number of hydrogen-bond acceptors (Lipinski definition) is 2. The van der Waals surface area contributed by atoms with Gasteiger partial charge in [0.1, 0.15) is 0 Å². The molecule has 0 bridgehead atoms. The predicted octanol–water partition coefficient (Wildman–Crippen LogP) is 3.31. The molecule has 2 unspecified atom stereocenters. The first-order chi connectivity index (χ1) is 9.56. The summed E-state index contributed by atoms with van der Waals surface area (Å²) in [5, 5.41) is 3.52. The van der Waals surface area contributed by atoms with Crippen LogP contribution in [-0.2, 0) is 13.0 Å². The summed E-state index contributed by atoms with van der Waals surface area (Å²) in [6.07, 6.45) is 1.13. The molecular weight excluding hydrogens is 244 g/mol. The number of nitrogens with zero attached hydrogens (tertiary/aromatic N) is 1. The van der Waals surface area contributed by atoms with Crippen molar-refractivity contribution < 1.29 is 0 Å². The van der Waals surface area contributed by atoms with Crippen molar-refractivity contribution in [3.8, 4) is 0 Å². The summed E-state index contributed by atoms with van der Waals surface area (Å²) in [6.45, 7) is 13.9. The molecule has 1 N–H and O–H groups in total. The molecule has 2 nitrogen and oxygen atoms in total. The quantitative estimate of drug-likeness (QED) is 0.856. The van der Waals surface area contributed by atoms with Gasteiger partial charge >= 0.3 is 0 Å². The van der Waals surface area contributed by atoms with E-state index in [1.54, 1.807) is 0 Å². The Morgan fingerprint density at radius 1 is 1.10 bits per heavy atom. The van der Waals surface area contributed by atoms with Crippen LogP contribution in [0.1, 0.15) is 38.8 Å². The van der Waals surface area contributed by atoms with Crippen LogP contribution in [0.25, 0.3) is 0 Å². The Bertz CT molecular complexity index is 404. The van der Waals surface area contributed by atoms with Gasteiger partial charge in [0.05, 0.1) is 0 Å². The number of nitrogens with one attached hydrogen (secondary N) is 1. The van der Waals surface area contributed by atoms with Crippen LogP contribution >= 0.6 is 0 Å². The lowest BCUT2D eigenvalue weighted by molar-refractivity contribution is 0.315. The van der Waals surface area contributed by atoms with Crippen molar-refractivity contribution in [3.05, 3.63) is 35.4 Å². The fourth-order valence-corrected chi connectivity index (χ4v) is 3.07. The van der Waals surface area contributed by atoms with Crippen LogP contribution in [0.5, 0.6) is 0 Å². The summed E-state index contributed by atoms with van der Waals surface area (Å²) in [4.78, 5) is 2.62. The lowest BCUT2D eigenvalue weighted by Gasteiger charge is -2.18. The summed E-state index contributed by atoms with van der Waals surface area (Å²) in [7, 11) is 0. The van der Waals surface area contributed by atoms with Crippen molar-refractivity contribution in [1.82, 2.24) is 10.2 Å².